The van der Waals surface area contributed by atoms with E-state index in [1.54, 1.807) is 29.2 Å². The Labute approximate surface area is 206 Å². The van der Waals surface area contributed by atoms with Crippen molar-refractivity contribution in [2.24, 2.45) is 5.73 Å². The van der Waals surface area contributed by atoms with E-state index in [0.717, 1.165) is 22.5 Å². The van der Waals surface area contributed by atoms with Crippen LogP contribution in [0.15, 0.2) is 54.2 Å². The number of carbonyl (C=O) groups excluding carboxylic acids is 1. The van der Waals surface area contributed by atoms with Gasteiger partial charge in [0.1, 0.15) is 5.84 Å². The third-order valence-corrected chi connectivity index (χ3v) is 7.25. The number of nitrogen functional groups attached to an aromatic ring is 1. The summed E-state index contributed by atoms with van der Waals surface area (Å²) in [6.45, 7) is 1.67. The predicted octanol–water partition coefficient (Wildman–Crippen LogP) is 2.23. The van der Waals surface area contributed by atoms with Gasteiger partial charge in [-0.3, -0.25) is 19.2 Å². The number of carbonyl (C=O) groups is 2. The van der Waals surface area contributed by atoms with Crippen LogP contribution in [0.25, 0.3) is 5.57 Å². The SMILES string of the molecule is Cl.N=C(N)c1ccc(N2CC(N3CCS(=O)CC3)=C(c3ccc(CCC(=O)O)cc3)C2=O)cc1. The van der Waals surface area contributed by atoms with Crippen LogP contribution in [-0.4, -0.2) is 63.1 Å². The lowest BCUT2D eigenvalue weighted by atomic mass is 10.0. The molecule has 0 aromatic heterocycles. The van der Waals surface area contributed by atoms with Gasteiger partial charge in [0.05, 0.1) is 12.1 Å². The quantitative estimate of drug-likeness (QED) is 0.393. The minimum Gasteiger partial charge on any atom is -0.481 e. The second kappa shape index (κ2) is 10.8. The molecule has 0 bridgehead atoms. The van der Waals surface area contributed by atoms with Crippen LogP contribution in [-0.2, 0) is 26.8 Å². The second-order valence-electron chi connectivity index (χ2n) is 8.10. The van der Waals surface area contributed by atoms with E-state index >= 15 is 0 Å². The van der Waals surface area contributed by atoms with E-state index in [1.807, 2.05) is 24.3 Å². The predicted molar refractivity (Wildman–Crippen MR) is 136 cm³/mol. The van der Waals surface area contributed by atoms with Gasteiger partial charge in [0.15, 0.2) is 0 Å². The number of aliphatic carboxylic acids is 1. The minimum absolute atomic E-state index is 0. The summed E-state index contributed by atoms with van der Waals surface area (Å²) >= 11 is 0. The molecule has 8 nitrogen and oxygen atoms in total. The number of amidine groups is 1. The molecule has 2 aromatic rings. The second-order valence-corrected chi connectivity index (χ2v) is 9.80. The molecule has 0 aliphatic carbocycles. The normalized spacial score (nSPS) is 16.5. The van der Waals surface area contributed by atoms with Crippen LogP contribution in [0.1, 0.15) is 23.1 Å². The highest BCUT2D eigenvalue weighted by Crippen LogP contribution is 2.34. The molecule has 10 heteroatoms. The molecule has 2 heterocycles. The highest BCUT2D eigenvalue weighted by molar-refractivity contribution is 7.85. The standard InChI is InChI=1S/C24H26N4O4S.ClH/c25-23(26)18-6-8-19(9-7-18)28-15-20(27-11-13-33(32)14-12-27)22(24(28)31)17-4-1-16(2-5-17)3-10-21(29)30;/h1-2,4-9H,3,10-15H2,(H3,25,26)(H,29,30);1H. The molecule has 1 amide bonds. The van der Waals surface area contributed by atoms with Crippen LogP contribution < -0.4 is 10.6 Å². The Kier molecular flexibility index (Phi) is 8.11. The monoisotopic (exact) mass is 502 g/mol. The largest absolute Gasteiger partial charge is 0.481 e. The number of nitrogens with two attached hydrogens (primary N) is 1. The highest BCUT2D eigenvalue weighted by Gasteiger charge is 2.35. The molecule has 1 fully saturated rings. The van der Waals surface area contributed by atoms with E-state index in [9.17, 15) is 13.8 Å². The van der Waals surface area contributed by atoms with Gasteiger partial charge < -0.3 is 20.6 Å². The number of benzene rings is 2. The van der Waals surface area contributed by atoms with Gasteiger partial charge in [-0.1, -0.05) is 24.3 Å². The number of carboxylic acid groups (broad SMARTS) is 1. The Bertz CT molecular complexity index is 1140. The summed E-state index contributed by atoms with van der Waals surface area (Å²) in [4.78, 5) is 28.3. The van der Waals surface area contributed by atoms with Crippen molar-refractivity contribution in [2.75, 3.05) is 36.0 Å². The molecule has 2 aliphatic rings. The summed E-state index contributed by atoms with van der Waals surface area (Å²) in [5.41, 5.74) is 10.1. The van der Waals surface area contributed by atoms with Crippen molar-refractivity contribution < 1.29 is 18.9 Å². The topological polar surface area (TPSA) is 128 Å². The van der Waals surface area contributed by atoms with Crippen molar-refractivity contribution in [3.05, 3.63) is 70.9 Å². The lowest BCUT2D eigenvalue weighted by Crippen LogP contribution is -2.38. The number of halogens is 1. The number of nitrogens with zero attached hydrogens (tertiary/aromatic N) is 2. The van der Waals surface area contributed by atoms with Gasteiger partial charge in [-0.2, -0.15) is 0 Å². The van der Waals surface area contributed by atoms with E-state index in [-0.39, 0.29) is 30.6 Å². The average molecular weight is 503 g/mol. The van der Waals surface area contributed by atoms with Crippen LogP contribution in [0.4, 0.5) is 5.69 Å². The van der Waals surface area contributed by atoms with Gasteiger partial charge in [-0.25, -0.2) is 0 Å². The number of anilines is 1. The first kappa shape index (κ1) is 25.5. The van der Waals surface area contributed by atoms with Crippen LogP contribution in [0, 0.1) is 5.41 Å². The van der Waals surface area contributed by atoms with Crippen molar-refractivity contribution in [2.45, 2.75) is 12.8 Å². The Hall–Kier alpha value is -3.17. The molecule has 180 valence electrons. The van der Waals surface area contributed by atoms with Crippen LogP contribution in [0.2, 0.25) is 0 Å². The first-order valence-corrected chi connectivity index (χ1v) is 12.2. The third-order valence-electron chi connectivity index (χ3n) is 5.98. The van der Waals surface area contributed by atoms with Crippen molar-refractivity contribution in [1.82, 2.24) is 4.90 Å². The zero-order valence-electron chi connectivity index (χ0n) is 18.5. The molecule has 34 heavy (non-hydrogen) atoms. The van der Waals surface area contributed by atoms with Crippen LogP contribution in [0.5, 0.6) is 0 Å². The summed E-state index contributed by atoms with van der Waals surface area (Å²) in [6.07, 6.45) is 0.489. The maximum absolute atomic E-state index is 13.6. The summed E-state index contributed by atoms with van der Waals surface area (Å²) in [5, 5.41) is 16.5. The van der Waals surface area contributed by atoms with Gasteiger partial charge in [0.25, 0.3) is 5.91 Å². The van der Waals surface area contributed by atoms with Gasteiger partial charge in [-0.05, 0) is 41.8 Å². The summed E-state index contributed by atoms with van der Waals surface area (Å²) in [6, 6.07) is 14.5. The zero-order chi connectivity index (χ0) is 23.5. The van der Waals surface area contributed by atoms with Crippen molar-refractivity contribution in [3.63, 3.8) is 0 Å². The maximum atomic E-state index is 13.6. The fourth-order valence-corrected chi connectivity index (χ4v) is 5.19. The molecular formula is C24H27ClN4O4S. The molecule has 0 unspecified atom stereocenters. The van der Waals surface area contributed by atoms with Crippen LogP contribution >= 0.6 is 12.4 Å². The molecule has 1 saturated heterocycles. The highest BCUT2D eigenvalue weighted by atomic mass is 35.5. The Balaban J connectivity index is 0.00000324. The number of rotatable bonds is 7. The number of hydrogen-bond acceptors (Lipinski definition) is 5. The molecule has 0 atom stereocenters. The number of carboxylic acids is 1. The van der Waals surface area contributed by atoms with E-state index in [1.165, 1.54) is 0 Å². The Morgan fingerprint density at radius 1 is 1.06 bits per heavy atom. The molecule has 0 spiro atoms. The number of aryl methyl sites for hydroxylation is 1. The summed E-state index contributed by atoms with van der Waals surface area (Å²) < 4.78 is 11.9. The fraction of sp³-hybridized carbons (Fsp3) is 0.292. The molecule has 2 aromatic carbocycles. The Morgan fingerprint density at radius 2 is 1.68 bits per heavy atom. The van der Waals surface area contributed by atoms with Crippen molar-refractivity contribution >= 4 is 52.2 Å². The van der Waals surface area contributed by atoms with Crippen molar-refractivity contribution in [3.8, 4) is 0 Å². The van der Waals surface area contributed by atoms with Crippen LogP contribution in [0.3, 0.4) is 0 Å². The van der Waals surface area contributed by atoms with E-state index in [2.05, 4.69) is 4.90 Å². The first-order chi connectivity index (χ1) is 15.8. The number of amides is 1. The van der Waals surface area contributed by atoms with Gasteiger partial charge in [-0.15, -0.1) is 12.4 Å². The van der Waals surface area contributed by atoms with E-state index in [0.29, 0.717) is 48.7 Å². The lowest BCUT2D eigenvalue weighted by Gasteiger charge is -2.30. The fourth-order valence-electron chi connectivity index (χ4n) is 4.13. The molecular weight excluding hydrogens is 476 g/mol. The minimum atomic E-state index is -0.844. The van der Waals surface area contributed by atoms with E-state index in [4.69, 9.17) is 16.2 Å². The van der Waals surface area contributed by atoms with Gasteiger partial charge >= 0.3 is 5.97 Å². The molecule has 4 N–H and O–H groups in total. The number of nitrogens with one attached hydrogen (secondary N) is 1. The molecule has 0 radical (unpaired) electrons. The van der Waals surface area contributed by atoms with Crippen molar-refractivity contribution in [1.29, 1.82) is 5.41 Å². The molecule has 0 saturated carbocycles. The Morgan fingerprint density at radius 3 is 2.24 bits per heavy atom. The maximum Gasteiger partial charge on any atom is 0.303 e. The first-order valence-electron chi connectivity index (χ1n) is 10.7. The third kappa shape index (κ3) is 5.48. The lowest BCUT2D eigenvalue weighted by molar-refractivity contribution is -0.137. The zero-order valence-corrected chi connectivity index (χ0v) is 20.2. The van der Waals surface area contributed by atoms with Gasteiger partial charge in [0, 0.05) is 58.8 Å². The van der Waals surface area contributed by atoms with E-state index < -0.39 is 16.8 Å². The van der Waals surface area contributed by atoms with Gasteiger partial charge in [0.2, 0.25) is 0 Å². The summed E-state index contributed by atoms with van der Waals surface area (Å²) in [5.74, 6) is 0.159. The number of hydrogen-bond donors (Lipinski definition) is 3. The smallest absolute Gasteiger partial charge is 0.303 e. The summed E-state index contributed by atoms with van der Waals surface area (Å²) in [7, 11) is -0.829. The molecule has 4 rings (SSSR count). The molecule has 2 aliphatic heterocycles. The average Bonchev–Trinajstić information content (AvgIpc) is 3.15.